The maximum absolute atomic E-state index is 13.9. The molecule has 0 radical (unpaired) electrons. The van der Waals surface area contributed by atoms with Crippen LogP contribution in [0.5, 0.6) is 5.75 Å². The summed E-state index contributed by atoms with van der Waals surface area (Å²) in [4.78, 5) is 13.8. The third-order valence-corrected chi connectivity index (χ3v) is 3.29. The van der Waals surface area contributed by atoms with Crippen molar-refractivity contribution in [1.82, 2.24) is 4.90 Å². The van der Waals surface area contributed by atoms with Crippen molar-refractivity contribution in [1.29, 1.82) is 0 Å². The number of hydrogen-bond acceptors (Lipinski definition) is 2. The van der Waals surface area contributed by atoms with E-state index in [0.29, 0.717) is 12.3 Å². The Kier molecular flexibility index (Phi) is 4.58. The van der Waals surface area contributed by atoms with Crippen LogP contribution in [0.2, 0.25) is 0 Å². The van der Waals surface area contributed by atoms with Crippen molar-refractivity contribution in [2.75, 3.05) is 14.2 Å². The molecule has 3 nitrogen and oxygen atoms in total. The van der Waals surface area contributed by atoms with Gasteiger partial charge in [0.1, 0.15) is 11.6 Å². The van der Waals surface area contributed by atoms with Crippen LogP contribution in [0.15, 0.2) is 42.5 Å². The number of aryl methyl sites for hydroxylation is 1. The number of carbonyl (C=O) groups is 1. The van der Waals surface area contributed by atoms with Crippen molar-refractivity contribution in [3.8, 4) is 5.75 Å². The van der Waals surface area contributed by atoms with Gasteiger partial charge in [-0.05, 0) is 24.6 Å². The molecule has 0 aliphatic carbocycles. The zero-order valence-corrected chi connectivity index (χ0v) is 12.4. The molecule has 0 atom stereocenters. The van der Waals surface area contributed by atoms with Gasteiger partial charge in [-0.25, -0.2) is 4.39 Å². The van der Waals surface area contributed by atoms with Crippen molar-refractivity contribution in [3.05, 3.63) is 65.0 Å². The van der Waals surface area contributed by atoms with E-state index in [9.17, 15) is 9.18 Å². The average molecular weight is 287 g/mol. The highest BCUT2D eigenvalue weighted by molar-refractivity contribution is 5.94. The number of rotatable bonds is 4. The van der Waals surface area contributed by atoms with E-state index >= 15 is 0 Å². The fraction of sp³-hybridized carbons (Fsp3) is 0.235. The zero-order valence-electron chi connectivity index (χ0n) is 12.4. The first-order valence-corrected chi connectivity index (χ1v) is 6.66. The number of benzene rings is 2. The molecule has 0 aliphatic heterocycles. The number of amides is 1. The first-order chi connectivity index (χ1) is 10.0. The van der Waals surface area contributed by atoms with E-state index in [1.165, 1.54) is 24.1 Å². The van der Waals surface area contributed by atoms with E-state index in [0.717, 1.165) is 11.1 Å². The van der Waals surface area contributed by atoms with E-state index < -0.39 is 5.82 Å². The van der Waals surface area contributed by atoms with Gasteiger partial charge < -0.3 is 9.64 Å². The van der Waals surface area contributed by atoms with Crippen molar-refractivity contribution < 1.29 is 13.9 Å². The highest BCUT2D eigenvalue weighted by atomic mass is 19.1. The Balaban J connectivity index is 2.13. The molecule has 2 aromatic carbocycles. The van der Waals surface area contributed by atoms with Crippen LogP contribution in [0.25, 0.3) is 0 Å². The molecule has 0 unspecified atom stereocenters. The minimum Gasteiger partial charge on any atom is -0.497 e. The zero-order chi connectivity index (χ0) is 15.4. The highest BCUT2D eigenvalue weighted by Gasteiger charge is 2.17. The van der Waals surface area contributed by atoms with Crippen LogP contribution in [0.4, 0.5) is 4.39 Å². The van der Waals surface area contributed by atoms with Crippen LogP contribution in [0.3, 0.4) is 0 Å². The summed E-state index contributed by atoms with van der Waals surface area (Å²) in [6.45, 7) is 2.44. The van der Waals surface area contributed by atoms with Gasteiger partial charge in [-0.15, -0.1) is 0 Å². The lowest BCUT2D eigenvalue weighted by atomic mass is 10.1. The summed E-state index contributed by atoms with van der Waals surface area (Å²) < 4.78 is 18.8. The van der Waals surface area contributed by atoms with E-state index in [1.54, 1.807) is 13.1 Å². The summed E-state index contributed by atoms with van der Waals surface area (Å²) in [6, 6.07) is 12.1. The molecule has 2 rings (SSSR count). The molecular weight excluding hydrogens is 269 g/mol. The Labute approximate surface area is 124 Å². The van der Waals surface area contributed by atoms with Crippen LogP contribution < -0.4 is 4.74 Å². The molecule has 0 fully saturated rings. The second-order valence-corrected chi connectivity index (χ2v) is 4.99. The van der Waals surface area contributed by atoms with E-state index in [4.69, 9.17) is 4.74 Å². The highest BCUT2D eigenvalue weighted by Crippen LogP contribution is 2.18. The van der Waals surface area contributed by atoms with Gasteiger partial charge in [-0.1, -0.05) is 29.8 Å². The minimum absolute atomic E-state index is 0.0467. The third-order valence-electron chi connectivity index (χ3n) is 3.29. The first kappa shape index (κ1) is 15.0. The normalized spacial score (nSPS) is 10.3. The maximum atomic E-state index is 13.9. The van der Waals surface area contributed by atoms with E-state index in [2.05, 4.69) is 0 Å². The SMILES string of the molecule is COc1ccc(C(=O)N(C)Cc2ccc(C)cc2)c(F)c1. The minimum atomic E-state index is -0.574. The van der Waals surface area contributed by atoms with Crippen LogP contribution in [-0.4, -0.2) is 25.0 Å². The Bertz CT molecular complexity index is 638. The van der Waals surface area contributed by atoms with Crippen molar-refractivity contribution in [3.63, 3.8) is 0 Å². The molecule has 110 valence electrons. The van der Waals surface area contributed by atoms with E-state index in [1.807, 2.05) is 31.2 Å². The molecule has 2 aromatic rings. The van der Waals surface area contributed by atoms with E-state index in [-0.39, 0.29) is 11.5 Å². The Morgan fingerprint density at radius 2 is 1.86 bits per heavy atom. The molecule has 0 bridgehead atoms. The lowest BCUT2D eigenvalue weighted by molar-refractivity contribution is 0.0780. The molecule has 0 aromatic heterocycles. The molecule has 0 aliphatic rings. The van der Waals surface area contributed by atoms with Gasteiger partial charge in [0.2, 0.25) is 0 Å². The van der Waals surface area contributed by atoms with Crippen molar-refractivity contribution in [2.45, 2.75) is 13.5 Å². The smallest absolute Gasteiger partial charge is 0.256 e. The first-order valence-electron chi connectivity index (χ1n) is 6.66. The largest absolute Gasteiger partial charge is 0.497 e. The molecule has 0 saturated carbocycles. The molecule has 1 amide bonds. The topological polar surface area (TPSA) is 29.5 Å². The predicted molar refractivity (Wildman–Crippen MR) is 79.9 cm³/mol. The molecule has 0 heterocycles. The Morgan fingerprint density at radius 1 is 1.19 bits per heavy atom. The molecule has 0 N–H and O–H groups in total. The fourth-order valence-corrected chi connectivity index (χ4v) is 2.04. The van der Waals surface area contributed by atoms with Gasteiger partial charge in [-0.3, -0.25) is 4.79 Å². The van der Waals surface area contributed by atoms with Crippen LogP contribution >= 0.6 is 0 Å². The number of nitrogens with zero attached hydrogens (tertiary/aromatic N) is 1. The number of ether oxygens (including phenoxy) is 1. The fourth-order valence-electron chi connectivity index (χ4n) is 2.04. The quantitative estimate of drug-likeness (QED) is 0.862. The van der Waals surface area contributed by atoms with Gasteiger partial charge in [-0.2, -0.15) is 0 Å². The summed E-state index contributed by atoms with van der Waals surface area (Å²) >= 11 is 0. The number of methoxy groups -OCH3 is 1. The lowest BCUT2D eigenvalue weighted by Crippen LogP contribution is -2.27. The number of halogens is 1. The van der Waals surface area contributed by atoms with Crippen molar-refractivity contribution in [2.24, 2.45) is 0 Å². The van der Waals surface area contributed by atoms with Crippen LogP contribution in [0, 0.1) is 12.7 Å². The summed E-state index contributed by atoms with van der Waals surface area (Å²) in [5.41, 5.74) is 2.21. The maximum Gasteiger partial charge on any atom is 0.256 e. The third kappa shape index (κ3) is 3.60. The van der Waals surface area contributed by atoms with Gasteiger partial charge >= 0.3 is 0 Å². The Hall–Kier alpha value is -2.36. The van der Waals surface area contributed by atoms with Crippen LogP contribution in [-0.2, 0) is 6.54 Å². The second kappa shape index (κ2) is 6.39. The molecular formula is C17H18FNO2. The molecule has 0 spiro atoms. The molecule has 21 heavy (non-hydrogen) atoms. The summed E-state index contributed by atoms with van der Waals surface area (Å²) in [6.07, 6.45) is 0. The van der Waals surface area contributed by atoms with Gasteiger partial charge in [0.25, 0.3) is 5.91 Å². The van der Waals surface area contributed by atoms with Gasteiger partial charge in [0.05, 0.1) is 12.7 Å². The summed E-state index contributed by atoms with van der Waals surface area (Å²) in [5, 5.41) is 0. The molecule has 4 heteroatoms. The number of carbonyl (C=O) groups excluding carboxylic acids is 1. The molecule has 0 saturated heterocycles. The van der Waals surface area contributed by atoms with Gasteiger partial charge in [0, 0.05) is 19.7 Å². The number of hydrogen-bond donors (Lipinski definition) is 0. The van der Waals surface area contributed by atoms with Crippen LogP contribution in [0.1, 0.15) is 21.5 Å². The monoisotopic (exact) mass is 287 g/mol. The summed E-state index contributed by atoms with van der Waals surface area (Å²) in [5.74, 6) is -0.531. The summed E-state index contributed by atoms with van der Waals surface area (Å²) in [7, 11) is 3.12. The Morgan fingerprint density at radius 3 is 2.43 bits per heavy atom. The van der Waals surface area contributed by atoms with Crippen molar-refractivity contribution >= 4 is 5.91 Å². The average Bonchev–Trinajstić information content (AvgIpc) is 2.48. The standard InChI is InChI=1S/C17H18FNO2/c1-12-4-6-13(7-5-12)11-19(2)17(20)15-9-8-14(21-3)10-16(15)18/h4-10H,11H2,1-3H3. The second-order valence-electron chi connectivity index (χ2n) is 4.99. The van der Waals surface area contributed by atoms with Gasteiger partial charge in [0.15, 0.2) is 0 Å². The predicted octanol–water partition coefficient (Wildman–Crippen LogP) is 3.41. The lowest BCUT2D eigenvalue weighted by Gasteiger charge is -2.18.